The number of ketones is 2. The lowest BCUT2D eigenvalue weighted by Gasteiger charge is -2.24. The van der Waals surface area contributed by atoms with E-state index in [1.54, 1.807) is 17.0 Å². The molecule has 0 aliphatic carbocycles. The Morgan fingerprint density at radius 1 is 0.915 bits per heavy atom. The van der Waals surface area contributed by atoms with Gasteiger partial charge in [-0.3, -0.25) is 24.0 Å². The van der Waals surface area contributed by atoms with Crippen molar-refractivity contribution in [3.63, 3.8) is 0 Å². The van der Waals surface area contributed by atoms with Crippen LogP contribution >= 0.6 is 0 Å². The minimum absolute atomic E-state index is 0.0341. The van der Waals surface area contributed by atoms with E-state index in [4.69, 9.17) is 30.4 Å². The number of nitrogens with two attached hydrogens (primary N) is 2. The number of nitrogens with one attached hydrogen (secondary N) is 2. The molecule has 1 aliphatic rings. The van der Waals surface area contributed by atoms with E-state index < -0.39 is 18.0 Å². The predicted octanol–water partition coefficient (Wildman–Crippen LogP) is -0.445. The summed E-state index contributed by atoms with van der Waals surface area (Å²) >= 11 is 0. The van der Waals surface area contributed by atoms with E-state index in [2.05, 4.69) is 10.6 Å². The second kappa shape index (κ2) is 23.0. The molecule has 1 aliphatic heterocycles. The summed E-state index contributed by atoms with van der Waals surface area (Å²) < 4.78 is 21.5. The molecule has 1 aromatic carbocycles. The number of benzene rings is 1. The Kier molecular flexibility index (Phi) is 19.4. The third-order valence-electron chi connectivity index (χ3n) is 7.34. The predicted molar refractivity (Wildman–Crippen MR) is 171 cm³/mol. The van der Waals surface area contributed by atoms with Crippen LogP contribution in [0.3, 0.4) is 0 Å². The average molecular weight is 666 g/mol. The third kappa shape index (κ3) is 17.3. The molecule has 1 aromatic rings. The lowest BCUT2D eigenvalue weighted by molar-refractivity contribution is -0.133. The topological polar surface area (TPSA) is 222 Å². The summed E-state index contributed by atoms with van der Waals surface area (Å²) in [6, 6.07) is 4.98. The molecule has 1 heterocycles. The fraction of sp³-hybridized carbons (Fsp3) is 0.656. The van der Waals surface area contributed by atoms with Gasteiger partial charge in [0.25, 0.3) is 0 Å². The van der Waals surface area contributed by atoms with Crippen LogP contribution in [0.5, 0.6) is 5.75 Å². The van der Waals surface area contributed by atoms with Crippen molar-refractivity contribution in [2.45, 2.75) is 70.1 Å². The number of nitrogens with zero attached hydrogens (tertiary/aromatic N) is 1. The van der Waals surface area contributed by atoms with Crippen molar-refractivity contribution in [1.82, 2.24) is 15.5 Å². The molecule has 15 heteroatoms. The Morgan fingerprint density at radius 3 is 2.23 bits per heavy atom. The normalized spacial score (nSPS) is 15.6. The van der Waals surface area contributed by atoms with Gasteiger partial charge >= 0.3 is 0 Å². The number of ether oxygens (including phenoxy) is 4. The summed E-state index contributed by atoms with van der Waals surface area (Å²) in [5.74, 6) is -0.980. The third-order valence-corrected chi connectivity index (χ3v) is 7.34. The summed E-state index contributed by atoms with van der Waals surface area (Å²) in [4.78, 5) is 61.9. The molecular formula is C32H51N5O10. The highest BCUT2D eigenvalue weighted by atomic mass is 16.5. The van der Waals surface area contributed by atoms with E-state index in [0.29, 0.717) is 39.0 Å². The van der Waals surface area contributed by atoms with Gasteiger partial charge in [0.1, 0.15) is 19.0 Å². The van der Waals surface area contributed by atoms with E-state index in [1.807, 2.05) is 0 Å². The highest BCUT2D eigenvalue weighted by molar-refractivity contribution is 5.88. The molecule has 0 saturated carbocycles. The van der Waals surface area contributed by atoms with Gasteiger partial charge in [-0.1, -0.05) is 12.1 Å². The molecule has 0 bridgehead atoms. The van der Waals surface area contributed by atoms with Crippen LogP contribution in [0.15, 0.2) is 24.3 Å². The SMILES string of the molecule is CC(=O)[C@H](Cc1ccc(O)cc1)NC(=O)COCCOCCCC(=O)COCCOCCNC(=O)CC[C@H](N)C(=O)N1CCC[C@H]1N. The molecular weight excluding hydrogens is 614 g/mol. The minimum atomic E-state index is -0.751. The summed E-state index contributed by atoms with van der Waals surface area (Å²) in [5.41, 5.74) is 12.6. The number of rotatable bonds is 25. The van der Waals surface area contributed by atoms with Crippen LogP contribution in [0.1, 0.15) is 51.0 Å². The second-order valence-corrected chi connectivity index (χ2v) is 11.3. The number of hydrogen-bond acceptors (Lipinski definition) is 12. The monoisotopic (exact) mass is 665 g/mol. The number of phenols is 1. The molecule has 0 aromatic heterocycles. The van der Waals surface area contributed by atoms with E-state index in [1.165, 1.54) is 19.1 Å². The largest absolute Gasteiger partial charge is 0.508 e. The first-order valence-electron chi connectivity index (χ1n) is 16.1. The maximum Gasteiger partial charge on any atom is 0.246 e. The molecule has 0 radical (unpaired) electrons. The standard InChI is InChI=1S/C32H51N5O10/c1-23(38)28(20-24-6-8-25(39)9-7-24)36-31(42)22-47-19-16-44-14-3-4-26(40)21-46-18-17-45-15-12-35-30(41)11-10-27(33)32(43)37-13-2-5-29(37)34/h6-9,27-29,39H,2-5,10-22,33-34H2,1H3,(H,35,41)(H,36,42)/t27-,28-,29-/m0/s1. The van der Waals surface area contributed by atoms with Crippen LogP contribution in [-0.4, -0.2) is 123 Å². The van der Waals surface area contributed by atoms with E-state index in [9.17, 15) is 29.1 Å². The fourth-order valence-corrected chi connectivity index (χ4v) is 4.67. The Bertz CT molecular complexity index is 1120. The molecule has 47 heavy (non-hydrogen) atoms. The van der Waals surface area contributed by atoms with Crippen LogP contribution in [0, 0.1) is 0 Å². The van der Waals surface area contributed by atoms with Crippen molar-refractivity contribution in [3.05, 3.63) is 29.8 Å². The maximum absolute atomic E-state index is 12.3. The molecule has 0 unspecified atom stereocenters. The van der Waals surface area contributed by atoms with Crippen LogP contribution in [0.25, 0.3) is 0 Å². The molecule has 264 valence electrons. The summed E-state index contributed by atoms with van der Waals surface area (Å²) in [6.07, 6.45) is 2.82. The summed E-state index contributed by atoms with van der Waals surface area (Å²) in [5, 5.41) is 14.7. The van der Waals surface area contributed by atoms with Crippen LogP contribution in [0.4, 0.5) is 0 Å². The average Bonchev–Trinajstić information content (AvgIpc) is 3.48. The minimum Gasteiger partial charge on any atom is -0.508 e. The van der Waals surface area contributed by atoms with Crippen LogP contribution in [-0.2, 0) is 49.3 Å². The van der Waals surface area contributed by atoms with Crippen molar-refractivity contribution in [3.8, 4) is 5.75 Å². The Labute approximate surface area is 276 Å². The number of Topliss-reactive ketones (excluding diaryl/α,β-unsaturated/α-hetero) is 2. The van der Waals surface area contributed by atoms with Crippen molar-refractivity contribution in [1.29, 1.82) is 0 Å². The zero-order chi connectivity index (χ0) is 34.4. The molecule has 1 fully saturated rings. The van der Waals surface area contributed by atoms with Gasteiger partial charge in [-0.25, -0.2) is 0 Å². The number of aromatic hydroxyl groups is 1. The van der Waals surface area contributed by atoms with Gasteiger partial charge in [-0.2, -0.15) is 0 Å². The van der Waals surface area contributed by atoms with Gasteiger partial charge < -0.3 is 51.1 Å². The molecule has 2 rings (SSSR count). The molecule has 0 spiro atoms. The zero-order valence-corrected chi connectivity index (χ0v) is 27.3. The highest BCUT2D eigenvalue weighted by Gasteiger charge is 2.29. The Balaban J connectivity index is 1.37. The van der Waals surface area contributed by atoms with Crippen molar-refractivity contribution in [2.75, 3.05) is 65.9 Å². The zero-order valence-electron chi connectivity index (χ0n) is 27.3. The first-order chi connectivity index (χ1) is 22.6. The van der Waals surface area contributed by atoms with Gasteiger partial charge in [0.2, 0.25) is 17.7 Å². The van der Waals surface area contributed by atoms with E-state index in [-0.39, 0.29) is 94.4 Å². The van der Waals surface area contributed by atoms with E-state index in [0.717, 1.165) is 18.4 Å². The summed E-state index contributed by atoms with van der Waals surface area (Å²) in [6.45, 7) is 3.63. The van der Waals surface area contributed by atoms with Crippen molar-refractivity contribution < 1.29 is 48.0 Å². The molecule has 3 amide bonds. The Hall–Kier alpha value is -3.47. The van der Waals surface area contributed by atoms with Gasteiger partial charge in [-0.05, 0) is 56.7 Å². The first-order valence-corrected chi connectivity index (χ1v) is 16.1. The molecule has 3 atom stereocenters. The molecule has 1 saturated heterocycles. The van der Waals surface area contributed by atoms with Crippen molar-refractivity contribution in [2.24, 2.45) is 11.5 Å². The molecule has 15 nitrogen and oxygen atoms in total. The second-order valence-electron chi connectivity index (χ2n) is 11.3. The highest BCUT2D eigenvalue weighted by Crippen LogP contribution is 2.15. The lowest BCUT2D eigenvalue weighted by Crippen LogP contribution is -2.49. The summed E-state index contributed by atoms with van der Waals surface area (Å²) in [7, 11) is 0. The number of hydrogen-bond donors (Lipinski definition) is 5. The number of likely N-dealkylation sites (tertiary alicyclic amines) is 1. The fourth-order valence-electron chi connectivity index (χ4n) is 4.67. The van der Waals surface area contributed by atoms with Gasteiger partial charge in [0, 0.05) is 32.5 Å². The number of carbonyl (C=O) groups is 5. The van der Waals surface area contributed by atoms with Gasteiger partial charge in [0.05, 0.1) is 51.3 Å². The lowest BCUT2D eigenvalue weighted by atomic mass is 10.0. The molecule has 7 N–H and O–H groups in total. The van der Waals surface area contributed by atoms with Gasteiger partial charge in [0.15, 0.2) is 11.6 Å². The number of phenolic OH excluding ortho intramolecular Hbond substituents is 1. The van der Waals surface area contributed by atoms with Gasteiger partial charge in [-0.15, -0.1) is 0 Å². The smallest absolute Gasteiger partial charge is 0.246 e. The number of amides is 3. The maximum atomic E-state index is 12.3. The quantitative estimate of drug-likeness (QED) is 0.0839. The van der Waals surface area contributed by atoms with Crippen LogP contribution in [0.2, 0.25) is 0 Å². The van der Waals surface area contributed by atoms with Crippen LogP contribution < -0.4 is 22.1 Å². The number of carbonyl (C=O) groups excluding carboxylic acids is 5. The van der Waals surface area contributed by atoms with E-state index >= 15 is 0 Å². The Morgan fingerprint density at radius 2 is 1.57 bits per heavy atom. The first kappa shape index (κ1) is 39.7. The van der Waals surface area contributed by atoms with Crippen molar-refractivity contribution >= 4 is 29.3 Å².